The average molecular weight is 313 g/mol. The highest BCUT2D eigenvalue weighted by Gasteiger charge is 2.26. The largest absolute Gasteiger partial charge is 0.371 e. The third-order valence-corrected chi connectivity index (χ3v) is 4.04. The Kier molecular flexibility index (Phi) is 2.82. The lowest BCUT2D eigenvalue weighted by Crippen LogP contribution is -2.03. The van der Waals surface area contributed by atoms with Crippen LogP contribution in [-0.4, -0.2) is 27.1 Å². The van der Waals surface area contributed by atoms with E-state index in [1.165, 1.54) is 24.3 Å². The van der Waals surface area contributed by atoms with E-state index in [-0.39, 0.29) is 17.5 Å². The maximum absolute atomic E-state index is 11.0. The first-order valence-electron chi connectivity index (χ1n) is 7.01. The molecule has 0 N–H and O–H groups in total. The van der Waals surface area contributed by atoms with Crippen molar-refractivity contribution in [1.29, 1.82) is 0 Å². The molecule has 4 rings (SSSR count). The van der Waals surface area contributed by atoms with Gasteiger partial charge in [0, 0.05) is 46.1 Å². The van der Waals surface area contributed by atoms with E-state index in [1.807, 2.05) is 4.57 Å². The quantitative estimate of drug-likeness (QED) is 0.418. The Hall–Kier alpha value is -3.00. The van der Waals surface area contributed by atoms with E-state index in [0.717, 1.165) is 11.0 Å². The number of ether oxygens (including phenoxy) is 1. The van der Waals surface area contributed by atoms with Gasteiger partial charge in [-0.2, -0.15) is 0 Å². The fraction of sp³-hybridized carbons (Fsp3) is 0.200. The summed E-state index contributed by atoms with van der Waals surface area (Å²) in [6, 6.07) is 9.18. The molecule has 0 radical (unpaired) electrons. The molecule has 0 saturated carbocycles. The monoisotopic (exact) mass is 313 g/mol. The van der Waals surface area contributed by atoms with Gasteiger partial charge >= 0.3 is 0 Å². The van der Waals surface area contributed by atoms with Crippen LogP contribution in [0, 0.1) is 20.2 Å². The van der Waals surface area contributed by atoms with Crippen LogP contribution in [0.5, 0.6) is 0 Å². The van der Waals surface area contributed by atoms with Crippen LogP contribution in [0.2, 0.25) is 0 Å². The predicted octanol–water partition coefficient (Wildman–Crippen LogP) is 3.01. The highest BCUT2D eigenvalue weighted by Crippen LogP contribution is 2.34. The summed E-state index contributed by atoms with van der Waals surface area (Å²) >= 11 is 0. The molecule has 8 heteroatoms. The van der Waals surface area contributed by atoms with Crippen molar-refractivity contribution in [3.05, 3.63) is 56.6 Å². The van der Waals surface area contributed by atoms with E-state index in [9.17, 15) is 20.2 Å². The number of hydrogen-bond acceptors (Lipinski definition) is 5. The maximum Gasteiger partial charge on any atom is 0.270 e. The summed E-state index contributed by atoms with van der Waals surface area (Å²) in [6.45, 7) is 1.30. The Balaban J connectivity index is 2.04. The van der Waals surface area contributed by atoms with Crippen LogP contribution in [-0.2, 0) is 11.3 Å². The van der Waals surface area contributed by atoms with Gasteiger partial charge in [-0.05, 0) is 12.1 Å². The second-order valence-electron chi connectivity index (χ2n) is 5.48. The van der Waals surface area contributed by atoms with Gasteiger partial charge in [0.15, 0.2) is 0 Å². The van der Waals surface area contributed by atoms with Crippen molar-refractivity contribution in [2.75, 3.05) is 6.61 Å². The Labute approximate surface area is 129 Å². The van der Waals surface area contributed by atoms with Gasteiger partial charge in [-0.15, -0.1) is 0 Å². The van der Waals surface area contributed by atoms with E-state index in [0.29, 0.717) is 23.9 Å². The number of benzene rings is 2. The van der Waals surface area contributed by atoms with Gasteiger partial charge < -0.3 is 9.30 Å². The zero-order valence-corrected chi connectivity index (χ0v) is 11.8. The van der Waals surface area contributed by atoms with E-state index < -0.39 is 9.85 Å². The number of nitro groups is 2. The summed E-state index contributed by atoms with van der Waals surface area (Å²) in [5, 5.41) is 23.3. The first-order valence-corrected chi connectivity index (χ1v) is 7.01. The van der Waals surface area contributed by atoms with Crippen molar-refractivity contribution >= 4 is 33.2 Å². The Morgan fingerprint density at radius 3 is 1.87 bits per heavy atom. The fourth-order valence-corrected chi connectivity index (χ4v) is 2.88. The third-order valence-electron chi connectivity index (χ3n) is 4.04. The number of nitro benzene ring substituents is 2. The van der Waals surface area contributed by atoms with Gasteiger partial charge in [0.25, 0.3) is 11.4 Å². The Morgan fingerprint density at radius 2 is 1.48 bits per heavy atom. The van der Waals surface area contributed by atoms with Crippen LogP contribution in [0.1, 0.15) is 0 Å². The second-order valence-corrected chi connectivity index (χ2v) is 5.48. The second kappa shape index (κ2) is 4.75. The van der Waals surface area contributed by atoms with Gasteiger partial charge in [-0.25, -0.2) is 0 Å². The minimum absolute atomic E-state index is 0.0364. The number of aromatic nitrogens is 1. The van der Waals surface area contributed by atoms with Crippen LogP contribution < -0.4 is 0 Å². The number of rotatable bonds is 4. The molecule has 0 aliphatic carbocycles. The molecule has 0 bridgehead atoms. The highest BCUT2D eigenvalue weighted by molar-refractivity contribution is 6.09. The molecule has 1 fully saturated rings. The minimum atomic E-state index is -0.468. The molecule has 1 aliphatic rings. The molecule has 23 heavy (non-hydrogen) atoms. The molecule has 116 valence electrons. The van der Waals surface area contributed by atoms with E-state index in [2.05, 4.69) is 0 Å². The van der Waals surface area contributed by atoms with E-state index in [4.69, 9.17) is 4.74 Å². The number of non-ortho nitro benzene ring substituents is 2. The van der Waals surface area contributed by atoms with Crippen LogP contribution in [0.4, 0.5) is 11.4 Å². The summed E-state index contributed by atoms with van der Waals surface area (Å²) in [5.41, 5.74) is 1.54. The van der Waals surface area contributed by atoms with Crippen molar-refractivity contribution in [2.45, 2.75) is 12.6 Å². The third kappa shape index (κ3) is 2.20. The molecule has 1 aliphatic heterocycles. The molecular weight excluding hydrogens is 302 g/mol. The van der Waals surface area contributed by atoms with Crippen LogP contribution in [0.3, 0.4) is 0 Å². The maximum atomic E-state index is 11.0. The zero-order valence-electron chi connectivity index (χ0n) is 11.8. The van der Waals surface area contributed by atoms with Gasteiger partial charge in [0.05, 0.1) is 29.1 Å². The Morgan fingerprint density at radius 1 is 1.00 bits per heavy atom. The number of hydrogen-bond donors (Lipinski definition) is 0. The zero-order chi connectivity index (χ0) is 16.1. The lowest BCUT2D eigenvalue weighted by atomic mass is 10.1. The number of nitrogens with zero attached hydrogens (tertiary/aromatic N) is 3. The molecule has 2 aromatic carbocycles. The molecule has 1 atom stereocenters. The van der Waals surface area contributed by atoms with Gasteiger partial charge in [0.2, 0.25) is 0 Å². The van der Waals surface area contributed by atoms with E-state index in [1.54, 1.807) is 12.1 Å². The summed E-state index contributed by atoms with van der Waals surface area (Å²) < 4.78 is 7.26. The molecule has 0 unspecified atom stereocenters. The minimum Gasteiger partial charge on any atom is -0.371 e. The summed E-state index contributed by atoms with van der Waals surface area (Å²) in [5.74, 6) is 0. The van der Waals surface area contributed by atoms with Crippen LogP contribution >= 0.6 is 0 Å². The summed E-state index contributed by atoms with van der Waals surface area (Å²) in [7, 11) is 0. The molecule has 0 amide bonds. The first-order chi connectivity index (χ1) is 11.0. The molecule has 3 aromatic rings. The highest BCUT2D eigenvalue weighted by atomic mass is 16.6. The lowest BCUT2D eigenvalue weighted by molar-refractivity contribution is -0.385. The van der Waals surface area contributed by atoms with E-state index >= 15 is 0 Å². The van der Waals surface area contributed by atoms with Gasteiger partial charge in [-0.3, -0.25) is 20.2 Å². The molecule has 2 heterocycles. The van der Waals surface area contributed by atoms with Crippen molar-refractivity contribution in [3.8, 4) is 0 Å². The van der Waals surface area contributed by atoms with Gasteiger partial charge in [-0.1, -0.05) is 0 Å². The predicted molar refractivity (Wildman–Crippen MR) is 82.5 cm³/mol. The molecule has 0 spiro atoms. The number of epoxide rings is 1. The first kappa shape index (κ1) is 13.6. The van der Waals surface area contributed by atoms with Crippen LogP contribution in [0.15, 0.2) is 36.4 Å². The summed E-state index contributed by atoms with van der Waals surface area (Å²) in [4.78, 5) is 21.1. The summed E-state index contributed by atoms with van der Waals surface area (Å²) in [6.07, 6.45) is 0.124. The fourth-order valence-electron chi connectivity index (χ4n) is 2.88. The average Bonchev–Trinajstić information content (AvgIpc) is 3.30. The Bertz CT molecular complexity index is 903. The van der Waals surface area contributed by atoms with Gasteiger partial charge in [0.1, 0.15) is 0 Å². The smallest absolute Gasteiger partial charge is 0.270 e. The van der Waals surface area contributed by atoms with Crippen molar-refractivity contribution in [2.24, 2.45) is 0 Å². The number of fused-ring (bicyclic) bond motifs is 3. The normalized spacial score (nSPS) is 16.8. The lowest BCUT2D eigenvalue weighted by Gasteiger charge is -2.04. The standard InChI is InChI=1S/C15H11N3O5/c19-17(20)9-1-3-14-12(5-9)13-6-10(18(21)22)2-4-15(13)16(14)7-11-8-23-11/h1-6,11H,7-8H2/t11-/m0/s1. The van der Waals surface area contributed by atoms with Crippen molar-refractivity contribution in [1.82, 2.24) is 4.57 Å². The molecule has 1 aromatic heterocycles. The van der Waals surface area contributed by atoms with Crippen molar-refractivity contribution in [3.63, 3.8) is 0 Å². The molecule has 1 saturated heterocycles. The van der Waals surface area contributed by atoms with Crippen molar-refractivity contribution < 1.29 is 14.6 Å². The molecule has 8 nitrogen and oxygen atoms in total. The SMILES string of the molecule is O=[N+]([O-])c1ccc2c(c1)c1cc([N+](=O)[O-])ccc1n2C[C@H]1CO1. The van der Waals surface area contributed by atoms with Crippen LogP contribution in [0.25, 0.3) is 21.8 Å². The molecular formula is C15H11N3O5. The topological polar surface area (TPSA) is 104 Å².